The van der Waals surface area contributed by atoms with Gasteiger partial charge in [-0.1, -0.05) is 89.2 Å². The topological polar surface area (TPSA) is 22.6 Å². The summed E-state index contributed by atoms with van der Waals surface area (Å²) >= 11 is 1.68. The summed E-state index contributed by atoms with van der Waals surface area (Å²) < 4.78 is 0. The summed E-state index contributed by atoms with van der Waals surface area (Å²) in [6.07, 6.45) is 6.12. The standard InChI is InChI=1S/C48H45N4S.Pd/c1-32-26-43-41-15-10-9-14-40(41)42-21-20-39(30-45(42)52(44(43)27-33(32)2)46-28-35(22-23-49-46)48(6,7)8)53-38-13-11-12-37(29-38)51-25-24-50(31-51)36-18-16-34(17-19-36)47(3,4)5;/h9-28,31H,1-8H3;/q-3;. The van der Waals surface area contributed by atoms with E-state index in [0.29, 0.717) is 0 Å². The summed E-state index contributed by atoms with van der Waals surface area (Å²) in [6.45, 7) is 20.0. The molecule has 4 nitrogen and oxygen atoms in total. The quantitative estimate of drug-likeness (QED) is 0.127. The van der Waals surface area contributed by atoms with Gasteiger partial charge in [-0.05, 0) is 101 Å². The number of hydrogen-bond donors (Lipinski definition) is 0. The molecule has 0 N–H and O–H groups in total. The molecule has 0 unspecified atom stereocenters. The van der Waals surface area contributed by atoms with Crippen molar-refractivity contribution in [3.05, 3.63) is 163 Å². The van der Waals surface area contributed by atoms with Crippen LogP contribution in [0.25, 0.3) is 22.3 Å². The van der Waals surface area contributed by atoms with E-state index in [-0.39, 0.29) is 31.3 Å². The van der Waals surface area contributed by atoms with Crippen LogP contribution in [-0.2, 0) is 31.3 Å². The van der Waals surface area contributed by atoms with Gasteiger partial charge in [-0.2, -0.15) is 30.3 Å². The van der Waals surface area contributed by atoms with Gasteiger partial charge in [-0.3, -0.25) is 0 Å². The molecule has 0 saturated heterocycles. The molecule has 0 saturated carbocycles. The first-order valence-electron chi connectivity index (χ1n) is 18.3. The minimum Gasteiger partial charge on any atom is -0.500 e. The van der Waals surface area contributed by atoms with Crippen molar-refractivity contribution in [2.75, 3.05) is 14.7 Å². The fraction of sp³-hybridized carbons (Fsp3) is 0.208. The second kappa shape index (κ2) is 14.6. The number of rotatable bonds is 5. The molecule has 6 aromatic rings. The van der Waals surface area contributed by atoms with Gasteiger partial charge in [-0.15, -0.1) is 51.6 Å². The molecule has 8 rings (SSSR count). The van der Waals surface area contributed by atoms with Crippen LogP contribution >= 0.6 is 11.8 Å². The fourth-order valence-electron chi connectivity index (χ4n) is 6.99. The average molecular weight is 816 g/mol. The van der Waals surface area contributed by atoms with E-state index in [1.165, 1.54) is 38.9 Å². The van der Waals surface area contributed by atoms with E-state index >= 15 is 0 Å². The van der Waals surface area contributed by atoms with E-state index in [2.05, 4.69) is 204 Å². The van der Waals surface area contributed by atoms with Gasteiger partial charge in [0.25, 0.3) is 0 Å². The molecule has 0 radical (unpaired) electrons. The summed E-state index contributed by atoms with van der Waals surface area (Å²) in [4.78, 5) is 13.6. The third-order valence-electron chi connectivity index (χ3n) is 10.2. The van der Waals surface area contributed by atoms with Crippen molar-refractivity contribution < 1.29 is 20.4 Å². The van der Waals surface area contributed by atoms with Crippen LogP contribution in [0.1, 0.15) is 63.8 Å². The Kier molecular flexibility index (Phi) is 10.2. The van der Waals surface area contributed by atoms with Crippen molar-refractivity contribution in [3.63, 3.8) is 0 Å². The predicted octanol–water partition coefficient (Wildman–Crippen LogP) is 13.1. The minimum absolute atomic E-state index is 0. The van der Waals surface area contributed by atoms with E-state index in [1.54, 1.807) is 11.8 Å². The van der Waals surface area contributed by atoms with E-state index < -0.39 is 0 Å². The molecule has 0 amide bonds. The van der Waals surface area contributed by atoms with Crippen molar-refractivity contribution in [3.8, 4) is 22.3 Å². The smallest absolute Gasteiger partial charge is 0.135 e. The average Bonchev–Trinajstić information content (AvgIpc) is 3.60. The molecule has 6 heteroatoms. The van der Waals surface area contributed by atoms with Crippen molar-refractivity contribution in [2.45, 2.75) is 76.0 Å². The Morgan fingerprint density at radius 2 is 1.28 bits per heavy atom. The van der Waals surface area contributed by atoms with Crippen LogP contribution in [0.5, 0.6) is 0 Å². The van der Waals surface area contributed by atoms with Crippen molar-refractivity contribution >= 4 is 40.3 Å². The van der Waals surface area contributed by atoms with E-state index in [4.69, 9.17) is 4.98 Å². The van der Waals surface area contributed by atoms with Crippen LogP contribution in [0.2, 0.25) is 0 Å². The molecular weight excluding hydrogens is 771 g/mol. The number of aryl methyl sites for hydroxylation is 2. The van der Waals surface area contributed by atoms with Gasteiger partial charge < -0.3 is 14.7 Å². The van der Waals surface area contributed by atoms with Crippen LogP contribution in [0.3, 0.4) is 0 Å². The monoisotopic (exact) mass is 815 g/mol. The summed E-state index contributed by atoms with van der Waals surface area (Å²) in [6, 6.07) is 44.9. The van der Waals surface area contributed by atoms with Crippen LogP contribution in [0.15, 0.2) is 132 Å². The maximum atomic E-state index is 5.02. The summed E-state index contributed by atoms with van der Waals surface area (Å²) in [5, 5.41) is 0. The zero-order chi connectivity index (χ0) is 37.1. The molecule has 0 atom stereocenters. The summed E-state index contributed by atoms with van der Waals surface area (Å²) in [7, 11) is 0. The molecule has 2 aliphatic heterocycles. The van der Waals surface area contributed by atoms with E-state index in [1.807, 2.05) is 6.20 Å². The third kappa shape index (κ3) is 7.28. The van der Waals surface area contributed by atoms with Gasteiger partial charge in [0.05, 0.1) is 5.69 Å². The number of benzene rings is 5. The Morgan fingerprint density at radius 3 is 2.00 bits per heavy atom. The number of nitrogens with zero attached hydrogens (tertiary/aromatic N) is 4. The Morgan fingerprint density at radius 1 is 0.611 bits per heavy atom. The third-order valence-corrected chi connectivity index (χ3v) is 11.2. The van der Waals surface area contributed by atoms with Crippen molar-refractivity contribution in [1.29, 1.82) is 0 Å². The first-order chi connectivity index (χ1) is 25.3. The summed E-state index contributed by atoms with van der Waals surface area (Å²) in [5.74, 6) is 0.886. The van der Waals surface area contributed by atoms with E-state index in [9.17, 15) is 0 Å². The number of hydrogen-bond acceptors (Lipinski definition) is 5. The second-order valence-electron chi connectivity index (χ2n) is 16.1. The maximum absolute atomic E-state index is 5.02. The van der Waals surface area contributed by atoms with Gasteiger partial charge in [0.2, 0.25) is 0 Å². The Hall–Kier alpha value is -4.60. The van der Waals surface area contributed by atoms with Gasteiger partial charge in [0, 0.05) is 37.9 Å². The zero-order valence-corrected chi connectivity index (χ0v) is 34.5. The Labute approximate surface area is 339 Å². The molecule has 0 aliphatic carbocycles. The first kappa shape index (κ1) is 37.7. The first-order valence-corrected chi connectivity index (χ1v) is 19.1. The van der Waals surface area contributed by atoms with Crippen LogP contribution in [-0.4, -0.2) is 4.98 Å². The normalized spacial score (nSPS) is 13.6. The maximum Gasteiger partial charge on any atom is 0.135 e. The fourth-order valence-corrected chi connectivity index (χ4v) is 7.81. The largest absolute Gasteiger partial charge is 0.500 e. The van der Waals surface area contributed by atoms with E-state index in [0.717, 1.165) is 43.9 Å². The molecular formula is C48H45N4PdS-3. The van der Waals surface area contributed by atoms with Gasteiger partial charge >= 0.3 is 0 Å². The molecule has 2 aliphatic rings. The number of pyridine rings is 1. The molecule has 54 heavy (non-hydrogen) atoms. The molecule has 0 bridgehead atoms. The minimum atomic E-state index is -0.0283. The molecule has 5 aromatic carbocycles. The zero-order valence-electron chi connectivity index (χ0n) is 32.1. The van der Waals surface area contributed by atoms with Crippen molar-refractivity contribution in [1.82, 2.24) is 4.98 Å². The molecule has 276 valence electrons. The molecule has 3 heterocycles. The molecule has 0 fully saturated rings. The SMILES string of the molecule is Cc1cc2c(cc1C)N(c1cc(C(C)(C)C)ccn1)c1[c-]c(Sc3[c-]c(N4C=CN(c5ccc(C(C)(C)C)cc5)[CH-]4)ccc3)ccc1-c1ccccc1-2.[Pd]. The van der Waals surface area contributed by atoms with Crippen LogP contribution < -0.4 is 14.7 Å². The second-order valence-corrected chi connectivity index (χ2v) is 17.2. The number of anilines is 5. The molecule has 1 aromatic heterocycles. The summed E-state index contributed by atoms with van der Waals surface area (Å²) in [5.41, 5.74) is 14.1. The molecule has 0 spiro atoms. The predicted molar refractivity (Wildman–Crippen MR) is 223 cm³/mol. The van der Waals surface area contributed by atoms with Gasteiger partial charge in [-0.25, -0.2) is 4.98 Å². The Balaban J connectivity index is 0.00000450. The van der Waals surface area contributed by atoms with Crippen LogP contribution in [0.4, 0.5) is 28.6 Å². The van der Waals surface area contributed by atoms with Gasteiger partial charge in [0.1, 0.15) is 5.82 Å². The van der Waals surface area contributed by atoms with Crippen LogP contribution in [0, 0.1) is 32.6 Å². The van der Waals surface area contributed by atoms with Crippen molar-refractivity contribution in [2.24, 2.45) is 0 Å². The van der Waals surface area contributed by atoms with Gasteiger partial charge in [0.15, 0.2) is 0 Å². The number of fused-ring (bicyclic) bond motifs is 5. The Bertz CT molecular complexity index is 2370. The number of aromatic nitrogens is 1.